The lowest BCUT2D eigenvalue weighted by atomic mass is 10.1. The molecule has 0 aliphatic heterocycles. The molecule has 2 aromatic rings. The fraction of sp³-hybridized carbons (Fsp3) is 0.357. The van der Waals surface area contributed by atoms with Crippen LogP contribution >= 0.6 is 23.2 Å². The maximum atomic E-state index is 5.98. The van der Waals surface area contributed by atoms with E-state index in [0.29, 0.717) is 16.9 Å². The van der Waals surface area contributed by atoms with Crippen molar-refractivity contribution in [3.05, 3.63) is 40.1 Å². The molecule has 0 N–H and O–H groups in total. The van der Waals surface area contributed by atoms with E-state index in [1.807, 2.05) is 50.3 Å². The Bertz CT molecular complexity index is 615. The number of hydrogen-bond donors (Lipinski definition) is 0. The van der Waals surface area contributed by atoms with Crippen molar-refractivity contribution in [1.29, 1.82) is 0 Å². The number of nitrogens with zero attached hydrogens (tertiary/aromatic N) is 5. The lowest BCUT2D eigenvalue weighted by molar-refractivity contribution is 0.710. The van der Waals surface area contributed by atoms with Gasteiger partial charge in [-0.3, -0.25) is 0 Å². The summed E-state index contributed by atoms with van der Waals surface area (Å²) in [5, 5.41) is 0.894. The number of anilines is 2. The first-order valence-electron chi connectivity index (χ1n) is 6.45. The van der Waals surface area contributed by atoms with Crippen molar-refractivity contribution in [3.8, 4) is 0 Å². The summed E-state index contributed by atoms with van der Waals surface area (Å²) in [5.74, 6) is 1.06. The SMILES string of the molecule is CC(c1ccc(Cl)cc1)N(C)c1nc(Cl)nc(N(C)C)n1. The van der Waals surface area contributed by atoms with Crippen LogP contribution in [-0.2, 0) is 0 Å². The van der Waals surface area contributed by atoms with E-state index in [2.05, 4.69) is 21.9 Å². The molecule has 7 heteroatoms. The van der Waals surface area contributed by atoms with E-state index in [-0.39, 0.29) is 11.3 Å². The van der Waals surface area contributed by atoms with Gasteiger partial charge in [0.2, 0.25) is 17.2 Å². The molecule has 1 aromatic carbocycles. The average molecular weight is 326 g/mol. The van der Waals surface area contributed by atoms with Crippen LogP contribution in [0.4, 0.5) is 11.9 Å². The highest BCUT2D eigenvalue weighted by atomic mass is 35.5. The summed E-state index contributed by atoms with van der Waals surface area (Å²) >= 11 is 11.9. The number of benzene rings is 1. The third-order valence-electron chi connectivity index (χ3n) is 3.23. The molecule has 112 valence electrons. The number of halogens is 2. The van der Waals surface area contributed by atoms with Gasteiger partial charge in [-0.05, 0) is 36.2 Å². The number of aromatic nitrogens is 3. The van der Waals surface area contributed by atoms with Crippen molar-refractivity contribution < 1.29 is 0 Å². The van der Waals surface area contributed by atoms with Gasteiger partial charge in [0.15, 0.2) is 0 Å². The van der Waals surface area contributed by atoms with E-state index in [4.69, 9.17) is 23.2 Å². The molecule has 0 radical (unpaired) electrons. The van der Waals surface area contributed by atoms with Gasteiger partial charge in [0.05, 0.1) is 6.04 Å². The summed E-state index contributed by atoms with van der Waals surface area (Å²) < 4.78 is 0. The molecule has 0 saturated carbocycles. The zero-order valence-corrected chi connectivity index (χ0v) is 13.9. The summed E-state index contributed by atoms with van der Waals surface area (Å²) in [6, 6.07) is 7.79. The van der Waals surface area contributed by atoms with Crippen molar-refractivity contribution >= 4 is 35.1 Å². The molecule has 0 fully saturated rings. The Morgan fingerprint density at radius 3 is 2.05 bits per heavy atom. The van der Waals surface area contributed by atoms with Crippen LogP contribution in [0.25, 0.3) is 0 Å². The van der Waals surface area contributed by atoms with E-state index in [9.17, 15) is 0 Å². The third kappa shape index (κ3) is 3.74. The Labute approximate surface area is 134 Å². The lowest BCUT2D eigenvalue weighted by Gasteiger charge is -2.26. The first-order chi connectivity index (χ1) is 9.88. The molecule has 0 spiro atoms. The van der Waals surface area contributed by atoms with E-state index < -0.39 is 0 Å². The summed E-state index contributed by atoms with van der Waals surface area (Å²) in [7, 11) is 5.64. The molecule has 5 nitrogen and oxygen atoms in total. The second kappa shape index (κ2) is 6.45. The largest absolute Gasteiger partial charge is 0.347 e. The van der Waals surface area contributed by atoms with Crippen LogP contribution in [0.2, 0.25) is 10.3 Å². The molecule has 0 aliphatic carbocycles. The molecule has 0 aliphatic rings. The highest BCUT2D eigenvalue weighted by Gasteiger charge is 2.17. The highest BCUT2D eigenvalue weighted by molar-refractivity contribution is 6.30. The second-order valence-electron chi connectivity index (χ2n) is 4.94. The first-order valence-corrected chi connectivity index (χ1v) is 7.21. The van der Waals surface area contributed by atoms with Gasteiger partial charge < -0.3 is 9.80 Å². The molecule has 0 saturated heterocycles. The highest BCUT2D eigenvalue weighted by Crippen LogP contribution is 2.25. The molecule has 1 aromatic heterocycles. The van der Waals surface area contributed by atoms with Gasteiger partial charge in [0, 0.05) is 26.2 Å². The van der Waals surface area contributed by atoms with E-state index in [1.165, 1.54) is 0 Å². The van der Waals surface area contributed by atoms with Crippen molar-refractivity contribution in [1.82, 2.24) is 15.0 Å². The Morgan fingerprint density at radius 1 is 0.905 bits per heavy atom. The van der Waals surface area contributed by atoms with Crippen molar-refractivity contribution in [2.24, 2.45) is 0 Å². The van der Waals surface area contributed by atoms with E-state index in [0.717, 1.165) is 5.56 Å². The Hall–Kier alpha value is -1.59. The predicted molar refractivity (Wildman–Crippen MR) is 87.4 cm³/mol. The van der Waals surface area contributed by atoms with Crippen LogP contribution in [-0.4, -0.2) is 36.1 Å². The van der Waals surface area contributed by atoms with Crippen LogP contribution in [0, 0.1) is 0 Å². The molecule has 1 heterocycles. The van der Waals surface area contributed by atoms with Crippen LogP contribution in [0.15, 0.2) is 24.3 Å². The van der Waals surface area contributed by atoms with Crippen LogP contribution < -0.4 is 9.80 Å². The summed E-state index contributed by atoms with van der Waals surface area (Å²) in [6.45, 7) is 2.07. The molecule has 21 heavy (non-hydrogen) atoms. The third-order valence-corrected chi connectivity index (χ3v) is 3.65. The first kappa shape index (κ1) is 15.8. The van der Waals surface area contributed by atoms with Crippen molar-refractivity contribution in [2.75, 3.05) is 30.9 Å². The predicted octanol–water partition coefficient (Wildman–Crippen LogP) is 3.44. The maximum Gasteiger partial charge on any atom is 0.231 e. The molecular formula is C14H17Cl2N5. The van der Waals surface area contributed by atoms with Crippen LogP contribution in [0.3, 0.4) is 0 Å². The fourth-order valence-corrected chi connectivity index (χ4v) is 2.10. The standard InChI is InChI=1S/C14H17Cl2N5/c1-9(10-5-7-11(15)8-6-10)21(4)14-18-12(16)17-13(19-14)20(2)3/h5-9H,1-4H3. The van der Waals surface area contributed by atoms with Gasteiger partial charge in [-0.2, -0.15) is 15.0 Å². The zero-order valence-electron chi connectivity index (χ0n) is 12.4. The minimum absolute atomic E-state index is 0.0794. The molecule has 2 rings (SSSR count). The normalized spacial score (nSPS) is 12.1. The second-order valence-corrected chi connectivity index (χ2v) is 5.71. The molecule has 0 bridgehead atoms. The minimum atomic E-state index is 0.0794. The smallest absolute Gasteiger partial charge is 0.231 e. The van der Waals surface area contributed by atoms with Crippen molar-refractivity contribution in [2.45, 2.75) is 13.0 Å². The summed E-state index contributed by atoms with van der Waals surface area (Å²) in [6.07, 6.45) is 0. The van der Waals surface area contributed by atoms with E-state index >= 15 is 0 Å². The Balaban J connectivity index is 2.30. The summed E-state index contributed by atoms with van der Waals surface area (Å²) in [5.41, 5.74) is 1.12. The van der Waals surface area contributed by atoms with Gasteiger partial charge >= 0.3 is 0 Å². The van der Waals surface area contributed by atoms with Gasteiger partial charge in [-0.15, -0.1) is 0 Å². The van der Waals surface area contributed by atoms with Gasteiger partial charge in [-0.1, -0.05) is 23.7 Å². The quantitative estimate of drug-likeness (QED) is 0.861. The average Bonchev–Trinajstić information content (AvgIpc) is 2.45. The molecular weight excluding hydrogens is 309 g/mol. The maximum absolute atomic E-state index is 5.98. The molecule has 1 unspecified atom stereocenters. The van der Waals surface area contributed by atoms with Crippen LogP contribution in [0.1, 0.15) is 18.5 Å². The van der Waals surface area contributed by atoms with Crippen LogP contribution in [0.5, 0.6) is 0 Å². The fourth-order valence-electron chi connectivity index (χ4n) is 1.83. The van der Waals surface area contributed by atoms with Gasteiger partial charge in [0.1, 0.15) is 0 Å². The lowest BCUT2D eigenvalue weighted by Crippen LogP contribution is -2.25. The number of hydrogen-bond acceptors (Lipinski definition) is 5. The number of rotatable bonds is 4. The topological polar surface area (TPSA) is 45.2 Å². The molecule has 1 atom stereocenters. The summed E-state index contributed by atoms with van der Waals surface area (Å²) in [4.78, 5) is 16.4. The Morgan fingerprint density at radius 2 is 1.48 bits per heavy atom. The van der Waals surface area contributed by atoms with E-state index in [1.54, 1.807) is 4.90 Å². The monoisotopic (exact) mass is 325 g/mol. The minimum Gasteiger partial charge on any atom is -0.347 e. The van der Waals surface area contributed by atoms with Gasteiger partial charge in [-0.25, -0.2) is 0 Å². The molecule has 0 amide bonds. The Kier molecular flexibility index (Phi) is 4.85. The zero-order chi connectivity index (χ0) is 15.6. The van der Waals surface area contributed by atoms with Crippen molar-refractivity contribution in [3.63, 3.8) is 0 Å². The van der Waals surface area contributed by atoms with Gasteiger partial charge in [0.25, 0.3) is 0 Å².